The van der Waals surface area contributed by atoms with Crippen molar-refractivity contribution >= 4 is 23.3 Å². The second kappa shape index (κ2) is 9.96. The van der Waals surface area contributed by atoms with Gasteiger partial charge in [0.2, 0.25) is 0 Å². The summed E-state index contributed by atoms with van der Waals surface area (Å²) in [6.07, 6.45) is -3.98. The van der Waals surface area contributed by atoms with Gasteiger partial charge in [-0.25, -0.2) is 13.6 Å². The zero-order valence-corrected chi connectivity index (χ0v) is 19.2. The van der Waals surface area contributed by atoms with Crippen LogP contribution in [0.3, 0.4) is 0 Å². The molecular formula is C26H22F5N3O2. The maximum atomic E-state index is 14.1. The molecule has 4 rings (SSSR count). The SMILES string of the molecule is Cc1ccc(N2CCCN(Cc3cc(F)ccc3F)C2=O)c(NC(=O)c2ccc(C(F)(F)F)cc2)c1. The smallest absolute Gasteiger partial charge is 0.320 e. The number of rotatable bonds is 5. The number of alkyl halides is 3. The number of carbonyl (C=O) groups is 2. The van der Waals surface area contributed by atoms with E-state index in [1.54, 1.807) is 25.1 Å². The molecule has 188 valence electrons. The number of anilines is 2. The molecule has 1 heterocycles. The Balaban J connectivity index is 1.57. The van der Waals surface area contributed by atoms with Gasteiger partial charge >= 0.3 is 12.2 Å². The molecule has 1 fully saturated rings. The number of nitrogens with one attached hydrogen (secondary N) is 1. The van der Waals surface area contributed by atoms with Gasteiger partial charge < -0.3 is 10.2 Å². The minimum absolute atomic E-state index is 0.0173. The molecule has 0 unspecified atom stereocenters. The van der Waals surface area contributed by atoms with Gasteiger partial charge in [0.1, 0.15) is 11.6 Å². The van der Waals surface area contributed by atoms with Gasteiger partial charge in [-0.05, 0) is 73.5 Å². The lowest BCUT2D eigenvalue weighted by molar-refractivity contribution is -0.137. The summed E-state index contributed by atoms with van der Waals surface area (Å²) in [6.45, 7) is 2.32. The molecule has 0 aromatic heterocycles. The fourth-order valence-corrected chi connectivity index (χ4v) is 4.01. The van der Waals surface area contributed by atoms with E-state index in [4.69, 9.17) is 0 Å². The van der Waals surface area contributed by atoms with E-state index in [-0.39, 0.29) is 17.7 Å². The standard InChI is InChI=1S/C26H22F5N3O2/c1-16-3-10-23(22(13-16)32-24(35)17-4-6-19(7-5-17)26(29,30)31)34-12-2-11-33(25(34)36)15-18-14-20(27)8-9-21(18)28/h3-10,13-14H,2,11-12,15H2,1H3,(H,32,35). The summed E-state index contributed by atoms with van der Waals surface area (Å²) in [5.41, 5.74) is 0.657. The fraction of sp³-hybridized carbons (Fsp3) is 0.231. The van der Waals surface area contributed by atoms with E-state index in [0.717, 1.165) is 48.0 Å². The van der Waals surface area contributed by atoms with Gasteiger partial charge in [0.05, 0.1) is 23.5 Å². The van der Waals surface area contributed by atoms with Gasteiger partial charge in [-0.15, -0.1) is 0 Å². The molecule has 0 aliphatic carbocycles. The molecule has 0 bridgehead atoms. The highest BCUT2D eigenvalue weighted by atomic mass is 19.4. The zero-order chi connectivity index (χ0) is 26.0. The number of hydrogen-bond acceptors (Lipinski definition) is 2. The quantitative estimate of drug-likeness (QED) is 0.411. The maximum Gasteiger partial charge on any atom is 0.416 e. The van der Waals surface area contributed by atoms with E-state index in [2.05, 4.69) is 5.32 Å². The summed E-state index contributed by atoms with van der Waals surface area (Å²) in [7, 11) is 0. The molecule has 0 atom stereocenters. The predicted molar refractivity (Wildman–Crippen MR) is 125 cm³/mol. The van der Waals surface area contributed by atoms with Crippen molar-refractivity contribution in [2.24, 2.45) is 0 Å². The van der Waals surface area contributed by atoms with Crippen molar-refractivity contribution in [2.75, 3.05) is 23.3 Å². The molecule has 36 heavy (non-hydrogen) atoms. The number of amides is 3. The summed E-state index contributed by atoms with van der Waals surface area (Å²) < 4.78 is 66.3. The summed E-state index contributed by atoms with van der Waals surface area (Å²) in [5, 5.41) is 2.68. The first-order chi connectivity index (χ1) is 17.0. The molecule has 1 aliphatic rings. The van der Waals surface area contributed by atoms with Crippen LogP contribution in [0.4, 0.5) is 38.1 Å². The summed E-state index contributed by atoms with van der Waals surface area (Å²) in [6, 6.07) is 11.5. The molecule has 0 radical (unpaired) electrons. The molecular weight excluding hydrogens is 481 g/mol. The summed E-state index contributed by atoms with van der Waals surface area (Å²) in [5.74, 6) is -1.88. The number of benzene rings is 3. The van der Waals surface area contributed by atoms with Gasteiger partial charge in [0.25, 0.3) is 5.91 Å². The van der Waals surface area contributed by atoms with E-state index in [1.807, 2.05) is 0 Å². The van der Waals surface area contributed by atoms with Crippen molar-refractivity contribution in [3.63, 3.8) is 0 Å². The van der Waals surface area contributed by atoms with Crippen molar-refractivity contribution in [3.05, 3.63) is 94.6 Å². The minimum atomic E-state index is -4.52. The molecule has 0 spiro atoms. The van der Waals surface area contributed by atoms with Crippen molar-refractivity contribution in [3.8, 4) is 0 Å². The highest BCUT2D eigenvalue weighted by Gasteiger charge is 2.31. The third kappa shape index (κ3) is 5.48. The van der Waals surface area contributed by atoms with Crippen LogP contribution >= 0.6 is 0 Å². The Bertz CT molecular complexity index is 1290. The first-order valence-electron chi connectivity index (χ1n) is 11.1. The Kier molecular flexibility index (Phi) is 6.96. The lowest BCUT2D eigenvalue weighted by Gasteiger charge is -2.36. The van der Waals surface area contributed by atoms with E-state index in [0.29, 0.717) is 30.9 Å². The number of halogens is 5. The summed E-state index contributed by atoms with van der Waals surface area (Å²) in [4.78, 5) is 28.9. The third-order valence-corrected chi connectivity index (χ3v) is 5.85. The molecule has 1 N–H and O–H groups in total. The van der Waals surface area contributed by atoms with Crippen LogP contribution in [0.2, 0.25) is 0 Å². The van der Waals surface area contributed by atoms with Crippen LogP contribution in [0.25, 0.3) is 0 Å². The first-order valence-corrected chi connectivity index (χ1v) is 11.1. The molecule has 3 aromatic carbocycles. The Morgan fingerprint density at radius 1 is 0.972 bits per heavy atom. The molecule has 0 saturated carbocycles. The van der Waals surface area contributed by atoms with Gasteiger partial charge in [0.15, 0.2) is 0 Å². The number of nitrogens with zero attached hydrogens (tertiary/aromatic N) is 2. The number of carbonyl (C=O) groups excluding carboxylic acids is 2. The van der Waals surface area contributed by atoms with E-state index in [1.165, 1.54) is 9.80 Å². The second-order valence-corrected chi connectivity index (χ2v) is 8.49. The zero-order valence-electron chi connectivity index (χ0n) is 19.2. The largest absolute Gasteiger partial charge is 0.416 e. The maximum absolute atomic E-state index is 14.1. The van der Waals surface area contributed by atoms with Crippen molar-refractivity contribution in [2.45, 2.75) is 26.1 Å². The van der Waals surface area contributed by atoms with Crippen LogP contribution in [0.1, 0.15) is 33.5 Å². The van der Waals surface area contributed by atoms with Gasteiger partial charge in [-0.1, -0.05) is 6.07 Å². The minimum Gasteiger partial charge on any atom is -0.320 e. The highest BCUT2D eigenvalue weighted by molar-refractivity contribution is 6.07. The lowest BCUT2D eigenvalue weighted by Crippen LogP contribution is -2.49. The lowest BCUT2D eigenvalue weighted by atomic mass is 10.1. The molecule has 1 aliphatic heterocycles. The molecule has 1 saturated heterocycles. The number of aryl methyl sites for hydroxylation is 1. The Hall–Kier alpha value is -3.95. The normalized spacial score (nSPS) is 14.2. The molecule has 3 aromatic rings. The van der Waals surface area contributed by atoms with Crippen molar-refractivity contribution in [1.29, 1.82) is 0 Å². The first kappa shape index (κ1) is 25.2. The van der Waals surface area contributed by atoms with Crippen LogP contribution in [-0.4, -0.2) is 29.9 Å². The third-order valence-electron chi connectivity index (χ3n) is 5.85. The van der Waals surface area contributed by atoms with Gasteiger partial charge in [-0.3, -0.25) is 9.69 Å². The van der Waals surface area contributed by atoms with Gasteiger partial charge in [-0.2, -0.15) is 13.2 Å². The van der Waals surface area contributed by atoms with Crippen molar-refractivity contribution < 1.29 is 31.5 Å². The fourth-order valence-electron chi connectivity index (χ4n) is 4.01. The van der Waals surface area contributed by atoms with Gasteiger partial charge in [0, 0.05) is 24.2 Å². The van der Waals surface area contributed by atoms with Crippen LogP contribution in [0.15, 0.2) is 60.7 Å². The topological polar surface area (TPSA) is 52.6 Å². The predicted octanol–water partition coefficient (Wildman–Crippen LogP) is 6.38. The van der Waals surface area contributed by atoms with E-state index >= 15 is 0 Å². The average molecular weight is 503 g/mol. The van der Waals surface area contributed by atoms with Crippen LogP contribution in [-0.2, 0) is 12.7 Å². The molecule has 5 nitrogen and oxygen atoms in total. The Morgan fingerprint density at radius 3 is 2.39 bits per heavy atom. The Labute approximate surface area is 204 Å². The molecule has 3 amide bonds. The summed E-state index contributed by atoms with van der Waals surface area (Å²) >= 11 is 0. The molecule has 10 heteroatoms. The monoisotopic (exact) mass is 503 g/mol. The van der Waals surface area contributed by atoms with Crippen molar-refractivity contribution in [1.82, 2.24) is 4.90 Å². The van der Waals surface area contributed by atoms with E-state index < -0.39 is 35.3 Å². The van der Waals surface area contributed by atoms with E-state index in [9.17, 15) is 31.5 Å². The van der Waals surface area contributed by atoms with Crippen LogP contribution in [0, 0.1) is 18.6 Å². The average Bonchev–Trinajstić information content (AvgIpc) is 2.83. The van der Waals surface area contributed by atoms with Crippen LogP contribution in [0.5, 0.6) is 0 Å². The number of urea groups is 1. The second-order valence-electron chi connectivity index (χ2n) is 8.49. The number of hydrogen-bond donors (Lipinski definition) is 1. The highest BCUT2D eigenvalue weighted by Crippen LogP contribution is 2.32. The van der Waals surface area contributed by atoms with Crippen LogP contribution < -0.4 is 10.2 Å². The Morgan fingerprint density at radius 2 is 1.69 bits per heavy atom.